The van der Waals surface area contributed by atoms with Gasteiger partial charge in [-0.05, 0) is 39.7 Å². The van der Waals surface area contributed by atoms with Crippen LogP contribution in [0.1, 0.15) is 50.3 Å². The first kappa shape index (κ1) is 17.4. The summed E-state index contributed by atoms with van der Waals surface area (Å²) < 4.78 is 0. The van der Waals surface area contributed by atoms with Crippen LogP contribution in [0.2, 0.25) is 0 Å². The van der Waals surface area contributed by atoms with Crippen molar-refractivity contribution in [2.45, 2.75) is 33.6 Å². The van der Waals surface area contributed by atoms with Crippen LogP contribution >= 0.6 is 0 Å². The Labute approximate surface area is 153 Å². The van der Waals surface area contributed by atoms with Crippen LogP contribution in [-0.4, -0.2) is 0 Å². The average Bonchev–Trinajstić information content (AvgIpc) is 2.91. The Hall–Kier alpha value is -0.937. The third kappa shape index (κ3) is 3.35. The molecule has 2 aromatic carbocycles. The zero-order chi connectivity index (χ0) is 15.0. The zero-order valence-electron chi connectivity index (χ0n) is 13.9. The van der Waals surface area contributed by atoms with E-state index < -0.39 is 0 Å². The Bertz CT molecular complexity index is 676. The maximum atomic E-state index is 2.35. The van der Waals surface area contributed by atoms with E-state index in [9.17, 15) is 0 Å². The molecule has 111 valence electrons. The molecule has 0 bridgehead atoms. The first-order valence-electron chi connectivity index (χ1n) is 7.86. The minimum atomic E-state index is 0. The summed E-state index contributed by atoms with van der Waals surface area (Å²) in [6, 6.07) is 15.6. The van der Waals surface area contributed by atoms with Gasteiger partial charge in [0.1, 0.15) is 0 Å². The Morgan fingerprint density at radius 2 is 1.45 bits per heavy atom. The van der Waals surface area contributed by atoms with E-state index in [0.717, 1.165) is 0 Å². The van der Waals surface area contributed by atoms with Crippen LogP contribution < -0.4 is 0 Å². The zero-order valence-corrected chi connectivity index (χ0v) is 16.3. The Kier molecular flexibility index (Phi) is 5.61. The summed E-state index contributed by atoms with van der Waals surface area (Å²) in [7, 11) is 0. The van der Waals surface area contributed by atoms with Crippen molar-refractivity contribution in [1.82, 2.24) is 0 Å². The van der Waals surface area contributed by atoms with Gasteiger partial charge in [-0.2, -0.15) is 0 Å². The third-order valence-corrected chi connectivity index (χ3v) is 4.33. The van der Waals surface area contributed by atoms with Crippen LogP contribution in [-0.2, 0) is 26.2 Å². The van der Waals surface area contributed by atoms with Crippen molar-refractivity contribution in [1.29, 1.82) is 0 Å². The fraction of sp³-hybridized carbons (Fsp3) is 0.286. The van der Waals surface area contributed by atoms with Crippen molar-refractivity contribution in [2.75, 3.05) is 0 Å². The summed E-state index contributed by atoms with van der Waals surface area (Å²) >= 11 is 0. The van der Waals surface area contributed by atoms with E-state index in [1.165, 1.54) is 33.4 Å². The molecular formula is C21H23Zr. The molecule has 0 N–H and O–H groups in total. The number of rotatable bonds is 3. The Balaban J connectivity index is 0.00000176. The molecule has 0 aromatic heterocycles. The number of hydrogen-bond acceptors (Lipinski definition) is 0. The van der Waals surface area contributed by atoms with E-state index in [-0.39, 0.29) is 26.2 Å². The number of allylic oxidation sites excluding steroid dienone is 1. The molecule has 0 nitrogen and oxygen atoms in total. The van der Waals surface area contributed by atoms with Crippen LogP contribution in [0.5, 0.6) is 0 Å². The van der Waals surface area contributed by atoms with E-state index in [4.69, 9.17) is 0 Å². The van der Waals surface area contributed by atoms with Crippen molar-refractivity contribution in [3.63, 3.8) is 0 Å². The van der Waals surface area contributed by atoms with Crippen molar-refractivity contribution < 1.29 is 26.2 Å². The summed E-state index contributed by atoms with van der Waals surface area (Å²) in [6.07, 6.45) is 4.68. The van der Waals surface area contributed by atoms with Crippen LogP contribution in [0.15, 0.2) is 48.0 Å². The van der Waals surface area contributed by atoms with Gasteiger partial charge in [0, 0.05) is 32.6 Å². The molecule has 0 unspecified atom stereocenters. The molecule has 0 atom stereocenters. The monoisotopic (exact) mass is 365 g/mol. The smallest absolute Gasteiger partial charge is 0.0167 e. The average molecular weight is 367 g/mol. The van der Waals surface area contributed by atoms with Crippen LogP contribution in [0.25, 0.3) is 17.2 Å². The molecule has 1 aliphatic carbocycles. The molecular weight excluding hydrogens is 343 g/mol. The molecule has 0 aliphatic heterocycles. The van der Waals surface area contributed by atoms with E-state index in [1.54, 1.807) is 0 Å². The van der Waals surface area contributed by atoms with Gasteiger partial charge in [-0.25, -0.2) is 0 Å². The number of fused-ring (bicyclic) bond motifs is 1. The standard InChI is InChI=1S/C21H23.Zr/c1-14(2)16-8-10-17(11-9-16)20-7-5-6-18-12-19(15(3)4)13-21(18)20;/h5-15H,1-4H3;. The maximum Gasteiger partial charge on any atom is 0.0167 e. The molecule has 22 heavy (non-hydrogen) atoms. The number of benzene rings is 2. The molecule has 0 saturated carbocycles. The minimum Gasteiger partial charge on any atom is -0.0613 e. The molecule has 1 heteroatoms. The van der Waals surface area contributed by atoms with Gasteiger partial charge in [0.05, 0.1) is 0 Å². The second-order valence-electron chi connectivity index (χ2n) is 6.53. The third-order valence-electron chi connectivity index (χ3n) is 4.33. The minimum absolute atomic E-state index is 0. The van der Waals surface area contributed by atoms with Crippen molar-refractivity contribution in [3.8, 4) is 11.1 Å². The fourth-order valence-electron chi connectivity index (χ4n) is 2.89. The second-order valence-corrected chi connectivity index (χ2v) is 6.53. The molecule has 0 heterocycles. The van der Waals surface area contributed by atoms with Crippen LogP contribution in [0, 0.1) is 12.3 Å². The molecule has 0 fully saturated rings. The van der Waals surface area contributed by atoms with Gasteiger partial charge >= 0.3 is 0 Å². The summed E-state index contributed by atoms with van der Waals surface area (Å²) in [5.41, 5.74) is 8.20. The molecule has 1 aliphatic rings. The molecule has 0 spiro atoms. The van der Waals surface area contributed by atoms with Gasteiger partial charge in [-0.15, -0.1) is 0 Å². The van der Waals surface area contributed by atoms with Gasteiger partial charge in [0.2, 0.25) is 0 Å². The molecule has 0 saturated heterocycles. The quantitative estimate of drug-likeness (QED) is 0.617. The van der Waals surface area contributed by atoms with Gasteiger partial charge in [-0.1, -0.05) is 81.8 Å². The van der Waals surface area contributed by atoms with Crippen molar-refractivity contribution in [2.24, 2.45) is 5.92 Å². The topological polar surface area (TPSA) is 0 Å². The van der Waals surface area contributed by atoms with Gasteiger partial charge in [0.15, 0.2) is 0 Å². The first-order chi connectivity index (χ1) is 10.1. The molecule has 0 amide bonds. The predicted molar refractivity (Wildman–Crippen MR) is 92.2 cm³/mol. The van der Waals surface area contributed by atoms with Crippen molar-refractivity contribution >= 4 is 6.08 Å². The van der Waals surface area contributed by atoms with Crippen LogP contribution in [0.4, 0.5) is 0 Å². The normalized spacial score (nSPS) is 13.1. The van der Waals surface area contributed by atoms with Crippen molar-refractivity contribution in [3.05, 3.63) is 71.1 Å². The summed E-state index contributed by atoms with van der Waals surface area (Å²) in [6.45, 7) is 8.99. The number of hydrogen-bond donors (Lipinski definition) is 0. The van der Waals surface area contributed by atoms with E-state index >= 15 is 0 Å². The summed E-state index contributed by atoms with van der Waals surface area (Å²) in [5, 5.41) is 0. The van der Waals surface area contributed by atoms with Gasteiger partial charge in [0.25, 0.3) is 0 Å². The summed E-state index contributed by atoms with van der Waals surface area (Å²) in [4.78, 5) is 0. The fourth-order valence-corrected chi connectivity index (χ4v) is 2.89. The molecule has 2 aromatic rings. The van der Waals surface area contributed by atoms with E-state index in [1.807, 2.05) is 0 Å². The predicted octanol–water partition coefficient (Wildman–Crippen LogP) is 6.08. The first-order valence-corrected chi connectivity index (χ1v) is 7.86. The largest absolute Gasteiger partial charge is 0.0613 e. The van der Waals surface area contributed by atoms with Crippen LogP contribution in [0.3, 0.4) is 0 Å². The Morgan fingerprint density at radius 3 is 2.05 bits per heavy atom. The second kappa shape index (κ2) is 7.09. The van der Waals surface area contributed by atoms with Gasteiger partial charge in [-0.3, -0.25) is 0 Å². The van der Waals surface area contributed by atoms with Gasteiger partial charge < -0.3 is 0 Å². The SMILES string of the molecule is CC(C)C1=Cc2c(cccc2-c2ccc(C(C)C)cc2)[CH]1.[Zr]. The Morgan fingerprint density at radius 1 is 0.773 bits per heavy atom. The summed E-state index contributed by atoms with van der Waals surface area (Å²) in [5.74, 6) is 1.16. The van der Waals surface area contributed by atoms with E-state index in [2.05, 4.69) is 82.7 Å². The van der Waals surface area contributed by atoms with E-state index in [0.29, 0.717) is 11.8 Å². The maximum absolute atomic E-state index is 2.35. The molecule has 1 radical (unpaired) electrons. The molecule has 3 rings (SSSR count).